The van der Waals surface area contributed by atoms with E-state index in [1.54, 1.807) is 0 Å². The van der Waals surface area contributed by atoms with Crippen molar-refractivity contribution in [3.63, 3.8) is 0 Å². The summed E-state index contributed by atoms with van der Waals surface area (Å²) in [4.78, 5) is 25.2. The lowest BCUT2D eigenvalue weighted by atomic mass is 9.95. The lowest BCUT2D eigenvalue weighted by molar-refractivity contribution is -0.151. The summed E-state index contributed by atoms with van der Waals surface area (Å²) < 4.78 is 0. The van der Waals surface area contributed by atoms with Gasteiger partial charge < -0.3 is 20.8 Å². The number of nitrogens with two attached hydrogens (primary N) is 1. The van der Waals surface area contributed by atoms with Gasteiger partial charge in [-0.2, -0.15) is 0 Å². The average Bonchev–Trinajstić information content (AvgIpc) is 2.98. The molecular formula is C16H21N2O4. The molecule has 6 nitrogen and oxygen atoms in total. The van der Waals surface area contributed by atoms with E-state index >= 15 is 0 Å². The Balaban J connectivity index is 2.02. The molecule has 1 aromatic rings. The molecule has 1 heterocycles. The third-order valence-electron chi connectivity index (χ3n) is 4.15. The molecule has 1 aliphatic rings. The minimum Gasteiger partial charge on any atom is -0.393 e. The molecule has 2 rings (SSSR count). The third-order valence-corrected chi connectivity index (χ3v) is 4.15. The first kappa shape index (κ1) is 16.5. The minimum atomic E-state index is -1.39. The molecular weight excluding hydrogens is 284 g/mol. The van der Waals surface area contributed by atoms with Crippen LogP contribution < -0.4 is 5.73 Å². The van der Waals surface area contributed by atoms with E-state index in [1.165, 1.54) is 11.3 Å². The number of likely N-dealkylation sites (tertiary alicyclic amines) is 1. The van der Waals surface area contributed by atoms with E-state index in [0.717, 1.165) is 5.56 Å². The standard InChI is InChI=1S/C16H21N2O4/c17-15(22)16(11-19)9-4-10-18(16)14(21)13(20)8-7-12-5-2-1-3-6-12/h1-3,5-6,8,13,19-20H,4,7,9-11H2,(H2,17,22)/t13-,16?/m1/s1. The number of aliphatic hydroxyl groups is 2. The van der Waals surface area contributed by atoms with Gasteiger partial charge in [0.15, 0.2) is 0 Å². The van der Waals surface area contributed by atoms with Crippen molar-refractivity contribution in [1.82, 2.24) is 4.90 Å². The second-order valence-corrected chi connectivity index (χ2v) is 5.52. The molecule has 1 aromatic carbocycles. The van der Waals surface area contributed by atoms with Crippen LogP contribution in [-0.2, 0) is 16.0 Å². The molecule has 2 atom stereocenters. The maximum Gasteiger partial charge on any atom is 0.252 e. The van der Waals surface area contributed by atoms with Gasteiger partial charge in [-0.3, -0.25) is 9.59 Å². The predicted molar refractivity (Wildman–Crippen MR) is 80.4 cm³/mol. The molecule has 4 N–H and O–H groups in total. The molecule has 1 fully saturated rings. The van der Waals surface area contributed by atoms with E-state index in [2.05, 4.69) is 0 Å². The lowest BCUT2D eigenvalue weighted by Gasteiger charge is -2.35. The second-order valence-electron chi connectivity index (χ2n) is 5.52. The molecule has 1 aliphatic heterocycles. The van der Waals surface area contributed by atoms with Crippen molar-refractivity contribution in [3.8, 4) is 0 Å². The van der Waals surface area contributed by atoms with Gasteiger partial charge in [-0.15, -0.1) is 0 Å². The van der Waals surface area contributed by atoms with Crippen LogP contribution in [0.2, 0.25) is 0 Å². The summed E-state index contributed by atoms with van der Waals surface area (Å²) in [6, 6.07) is 9.43. The highest BCUT2D eigenvalue weighted by Crippen LogP contribution is 2.29. The molecule has 0 aromatic heterocycles. The van der Waals surface area contributed by atoms with Crippen molar-refractivity contribution in [1.29, 1.82) is 0 Å². The number of primary amides is 1. The zero-order chi connectivity index (χ0) is 16.2. The van der Waals surface area contributed by atoms with E-state index in [1.807, 2.05) is 30.3 Å². The number of hydrogen-bond donors (Lipinski definition) is 3. The molecule has 0 aliphatic carbocycles. The number of carbonyl (C=O) groups is 2. The van der Waals surface area contributed by atoms with Crippen molar-refractivity contribution in [2.24, 2.45) is 5.73 Å². The van der Waals surface area contributed by atoms with E-state index in [4.69, 9.17) is 5.73 Å². The Morgan fingerprint density at radius 1 is 1.36 bits per heavy atom. The van der Waals surface area contributed by atoms with Gasteiger partial charge >= 0.3 is 0 Å². The topological polar surface area (TPSA) is 104 Å². The number of amides is 2. The summed E-state index contributed by atoms with van der Waals surface area (Å²) in [6.45, 7) is -0.224. The first-order valence-electron chi connectivity index (χ1n) is 7.29. The largest absolute Gasteiger partial charge is 0.393 e. The maximum atomic E-state index is 12.4. The highest BCUT2D eigenvalue weighted by atomic mass is 16.3. The molecule has 0 bridgehead atoms. The normalized spacial score (nSPS) is 22.5. The van der Waals surface area contributed by atoms with Gasteiger partial charge in [0, 0.05) is 13.0 Å². The van der Waals surface area contributed by atoms with Crippen molar-refractivity contribution >= 4 is 11.8 Å². The van der Waals surface area contributed by atoms with E-state index in [-0.39, 0.29) is 0 Å². The van der Waals surface area contributed by atoms with Gasteiger partial charge in [0.05, 0.1) is 6.61 Å². The predicted octanol–water partition coefficient (Wildman–Crippen LogP) is -0.367. The number of rotatable bonds is 6. The van der Waals surface area contributed by atoms with Crippen LogP contribution in [0.1, 0.15) is 18.4 Å². The Labute approximate surface area is 129 Å². The second kappa shape index (κ2) is 6.89. The van der Waals surface area contributed by atoms with E-state index in [0.29, 0.717) is 25.8 Å². The molecule has 22 heavy (non-hydrogen) atoms. The number of hydrogen-bond acceptors (Lipinski definition) is 4. The number of benzene rings is 1. The lowest BCUT2D eigenvalue weighted by Crippen LogP contribution is -2.60. The Morgan fingerprint density at radius 2 is 2.05 bits per heavy atom. The fourth-order valence-electron chi connectivity index (χ4n) is 2.82. The Hall–Kier alpha value is -1.92. The van der Waals surface area contributed by atoms with Gasteiger partial charge in [0.2, 0.25) is 5.91 Å². The van der Waals surface area contributed by atoms with E-state index < -0.39 is 30.1 Å². The molecule has 1 saturated heterocycles. The summed E-state index contributed by atoms with van der Waals surface area (Å²) in [6.07, 6.45) is 1.48. The maximum absolute atomic E-state index is 12.4. The summed E-state index contributed by atoms with van der Waals surface area (Å²) in [5.41, 5.74) is 4.93. The molecule has 6 heteroatoms. The van der Waals surface area contributed by atoms with Crippen molar-refractivity contribution in [3.05, 3.63) is 42.3 Å². The Kier molecular flexibility index (Phi) is 5.15. The van der Waals surface area contributed by atoms with Gasteiger partial charge in [-0.05, 0) is 24.8 Å². The highest BCUT2D eigenvalue weighted by Gasteiger charge is 2.49. The van der Waals surface area contributed by atoms with Crippen LogP contribution in [0, 0.1) is 6.42 Å². The van der Waals surface area contributed by atoms with Crippen molar-refractivity contribution < 1.29 is 19.8 Å². The summed E-state index contributed by atoms with van der Waals surface area (Å²) >= 11 is 0. The molecule has 1 radical (unpaired) electrons. The van der Waals surface area contributed by atoms with Gasteiger partial charge in [0.1, 0.15) is 11.6 Å². The number of aliphatic hydroxyl groups excluding tert-OH is 2. The van der Waals surface area contributed by atoms with Crippen molar-refractivity contribution in [2.45, 2.75) is 30.9 Å². The molecule has 119 valence electrons. The third kappa shape index (κ3) is 3.13. The fourth-order valence-corrected chi connectivity index (χ4v) is 2.82. The summed E-state index contributed by atoms with van der Waals surface area (Å²) in [5, 5.41) is 19.6. The highest BCUT2D eigenvalue weighted by molar-refractivity contribution is 5.93. The SMILES string of the molecule is NC(=O)C1(CO)CCCN1C(=O)[C@H](O)[CH]Cc1ccccc1. The number of carbonyl (C=O) groups excluding carboxylic acids is 2. The molecule has 0 saturated carbocycles. The monoisotopic (exact) mass is 305 g/mol. The smallest absolute Gasteiger partial charge is 0.252 e. The zero-order valence-electron chi connectivity index (χ0n) is 12.3. The zero-order valence-corrected chi connectivity index (χ0v) is 12.3. The van der Waals surface area contributed by atoms with Crippen LogP contribution >= 0.6 is 0 Å². The fraction of sp³-hybridized carbons (Fsp3) is 0.438. The number of nitrogens with zero attached hydrogens (tertiary/aromatic N) is 1. The first-order valence-corrected chi connectivity index (χ1v) is 7.29. The Bertz CT molecular complexity index is 534. The molecule has 0 spiro atoms. The average molecular weight is 305 g/mol. The minimum absolute atomic E-state index is 0.304. The van der Waals surface area contributed by atoms with Crippen LogP contribution in [0.15, 0.2) is 30.3 Å². The van der Waals surface area contributed by atoms with Gasteiger partial charge in [-0.1, -0.05) is 30.3 Å². The van der Waals surface area contributed by atoms with E-state index in [9.17, 15) is 19.8 Å². The molecule has 1 unspecified atom stereocenters. The molecule has 2 amide bonds. The van der Waals surface area contributed by atoms with Crippen molar-refractivity contribution in [2.75, 3.05) is 13.2 Å². The van der Waals surface area contributed by atoms with Gasteiger partial charge in [0.25, 0.3) is 5.91 Å². The quantitative estimate of drug-likeness (QED) is 0.667. The van der Waals surface area contributed by atoms with Crippen LogP contribution in [0.4, 0.5) is 0 Å². The van der Waals surface area contributed by atoms with Crippen LogP contribution in [0.3, 0.4) is 0 Å². The summed E-state index contributed by atoms with van der Waals surface area (Å²) in [7, 11) is 0. The first-order chi connectivity index (χ1) is 10.5. The van der Waals surface area contributed by atoms with Crippen LogP contribution in [0.25, 0.3) is 0 Å². The van der Waals surface area contributed by atoms with Crippen LogP contribution in [-0.4, -0.2) is 51.7 Å². The van der Waals surface area contributed by atoms with Gasteiger partial charge in [-0.25, -0.2) is 0 Å². The van der Waals surface area contributed by atoms with Crippen LogP contribution in [0.5, 0.6) is 0 Å². The summed E-state index contributed by atoms with van der Waals surface area (Å²) in [5.74, 6) is -1.34. The Morgan fingerprint density at radius 3 is 2.64 bits per heavy atom.